The minimum atomic E-state index is -4.61. The Kier molecular flexibility index (Phi) is 36.6. The molecule has 0 aromatic heterocycles. The van der Waals surface area contributed by atoms with E-state index in [2.05, 4.69) is 42.7 Å². The molecule has 0 saturated carbocycles. The van der Waals surface area contributed by atoms with Gasteiger partial charge >= 0.3 is 19.8 Å². The summed E-state index contributed by atoms with van der Waals surface area (Å²) in [6.07, 6.45) is 35.7. The molecule has 0 bridgehead atoms. The lowest BCUT2D eigenvalue weighted by Crippen LogP contribution is -2.29. The van der Waals surface area contributed by atoms with Crippen molar-refractivity contribution in [2.75, 3.05) is 26.4 Å². The van der Waals surface area contributed by atoms with Gasteiger partial charge in [0.2, 0.25) is 0 Å². The van der Waals surface area contributed by atoms with Crippen LogP contribution in [0.4, 0.5) is 0 Å². The molecule has 0 saturated heterocycles. The number of allylic oxidation sites excluding steroid dienone is 4. The third-order valence-corrected chi connectivity index (χ3v) is 9.78. The minimum Gasteiger partial charge on any atom is -0.462 e. The molecule has 3 N–H and O–H groups in total. The third-order valence-electron chi connectivity index (χ3n) is 8.83. The van der Waals surface area contributed by atoms with Crippen LogP contribution >= 0.6 is 7.82 Å². The summed E-state index contributed by atoms with van der Waals surface area (Å²) in [4.78, 5) is 34.9. The highest BCUT2D eigenvalue weighted by atomic mass is 31.2. The first-order valence-electron chi connectivity index (χ1n) is 20.8. The molecule has 0 rings (SSSR count). The van der Waals surface area contributed by atoms with Gasteiger partial charge in [-0.1, -0.05) is 134 Å². The maximum atomic E-state index is 12.6. The smallest absolute Gasteiger partial charge is 0.462 e. The van der Waals surface area contributed by atoms with E-state index in [0.717, 1.165) is 70.6 Å². The van der Waals surface area contributed by atoms with E-state index in [4.69, 9.17) is 19.1 Å². The van der Waals surface area contributed by atoms with Gasteiger partial charge in [0, 0.05) is 12.8 Å². The molecule has 0 aliphatic rings. The first-order valence-corrected chi connectivity index (χ1v) is 22.3. The number of carbonyl (C=O) groups excluding carboxylic acids is 2. The van der Waals surface area contributed by atoms with Gasteiger partial charge in [-0.25, -0.2) is 4.57 Å². The number of ether oxygens (including phenoxy) is 2. The number of hydrogen-bond donors (Lipinski definition) is 3. The van der Waals surface area contributed by atoms with Crippen LogP contribution < -0.4 is 0 Å². The summed E-state index contributed by atoms with van der Waals surface area (Å²) in [6, 6.07) is 0. The Morgan fingerprint density at radius 2 is 0.942 bits per heavy atom. The fourth-order valence-corrected chi connectivity index (χ4v) is 6.36. The van der Waals surface area contributed by atoms with Crippen LogP contribution in [0.15, 0.2) is 24.3 Å². The molecule has 0 fully saturated rings. The molecule has 0 aliphatic heterocycles. The average molecular weight is 761 g/mol. The van der Waals surface area contributed by atoms with Crippen LogP contribution in [0.25, 0.3) is 0 Å². The van der Waals surface area contributed by atoms with E-state index in [1.165, 1.54) is 77.0 Å². The molecule has 10 nitrogen and oxygen atoms in total. The number of rotatable bonds is 39. The van der Waals surface area contributed by atoms with Crippen molar-refractivity contribution < 1.29 is 47.8 Å². The van der Waals surface area contributed by atoms with Crippen molar-refractivity contribution >= 4 is 19.8 Å². The fourth-order valence-electron chi connectivity index (χ4n) is 5.57. The Bertz CT molecular complexity index is 925. The van der Waals surface area contributed by atoms with Gasteiger partial charge in [-0.3, -0.25) is 18.6 Å². The van der Waals surface area contributed by atoms with Crippen molar-refractivity contribution in [1.82, 2.24) is 0 Å². The van der Waals surface area contributed by atoms with Crippen molar-refractivity contribution in [2.24, 2.45) is 0 Å². The number of aliphatic hydroxyl groups is 2. The van der Waals surface area contributed by atoms with Crippen LogP contribution in [0.3, 0.4) is 0 Å². The van der Waals surface area contributed by atoms with Crippen molar-refractivity contribution in [3.8, 4) is 0 Å². The standard InChI is InChI=1S/C41H77O10P/c1-3-5-7-9-11-13-15-17-18-19-21-22-24-26-28-30-32-40(44)48-36-39(37-50-52(46,47)49-35-38(43)34-42)51-41(45)33-31-29-27-25-23-20-16-14-12-10-8-6-4-2/h14,16,18-19,38-39,42-43H,3-13,15,17,20-37H2,1-2H3,(H,46,47)/b16-14-,19-18-/t38-,39+/m0/s1. The molecule has 0 aromatic carbocycles. The van der Waals surface area contributed by atoms with Crippen LogP contribution in [0.2, 0.25) is 0 Å². The molecule has 52 heavy (non-hydrogen) atoms. The predicted octanol–water partition coefficient (Wildman–Crippen LogP) is 10.6. The maximum Gasteiger partial charge on any atom is 0.472 e. The fraction of sp³-hybridized carbons (Fsp3) is 0.854. The topological polar surface area (TPSA) is 149 Å². The van der Waals surface area contributed by atoms with Gasteiger partial charge in [-0.15, -0.1) is 0 Å². The number of unbranched alkanes of at least 4 members (excludes halogenated alkanes) is 21. The molecule has 0 aliphatic carbocycles. The molecular weight excluding hydrogens is 683 g/mol. The highest BCUT2D eigenvalue weighted by Gasteiger charge is 2.27. The predicted molar refractivity (Wildman–Crippen MR) is 210 cm³/mol. The van der Waals surface area contributed by atoms with Crippen LogP contribution in [0.1, 0.15) is 187 Å². The second-order valence-electron chi connectivity index (χ2n) is 14.0. The van der Waals surface area contributed by atoms with E-state index in [1.54, 1.807) is 0 Å². The monoisotopic (exact) mass is 761 g/mol. The number of esters is 2. The normalized spacial score (nSPS) is 14.2. The van der Waals surface area contributed by atoms with E-state index in [0.29, 0.717) is 12.8 Å². The summed E-state index contributed by atoms with van der Waals surface area (Å²) in [7, 11) is -4.61. The number of aliphatic hydroxyl groups excluding tert-OH is 2. The Morgan fingerprint density at radius 3 is 1.40 bits per heavy atom. The first kappa shape index (κ1) is 50.5. The lowest BCUT2D eigenvalue weighted by atomic mass is 10.1. The molecule has 0 radical (unpaired) electrons. The molecule has 0 aromatic rings. The van der Waals surface area contributed by atoms with Gasteiger partial charge in [0.1, 0.15) is 12.7 Å². The van der Waals surface area contributed by atoms with Gasteiger partial charge in [0.25, 0.3) is 0 Å². The van der Waals surface area contributed by atoms with E-state index in [9.17, 15) is 24.2 Å². The zero-order chi connectivity index (χ0) is 38.4. The molecular formula is C41H77O10P. The number of hydrogen-bond acceptors (Lipinski definition) is 9. The van der Waals surface area contributed by atoms with Gasteiger partial charge in [0.15, 0.2) is 6.10 Å². The van der Waals surface area contributed by atoms with Crippen molar-refractivity contribution in [2.45, 2.75) is 199 Å². The van der Waals surface area contributed by atoms with Gasteiger partial charge in [-0.05, 0) is 64.2 Å². The Morgan fingerprint density at radius 1 is 0.558 bits per heavy atom. The van der Waals surface area contributed by atoms with E-state index >= 15 is 0 Å². The highest BCUT2D eigenvalue weighted by molar-refractivity contribution is 7.47. The first-order chi connectivity index (χ1) is 25.2. The number of phosphoric ester groups is 1. The van der Waals surface area contributed by atoms with Crippen LogP contribution in [-0.4, -0.2) is 65.7 Å². The van der Waals surface area contributed by atoms with Gasteiger partial charge in [-0.2, -0.15) is 0 Å². The van der Waals surface area contributed by atoms with E-state index in [1.807, 2.05) is 0 Å². The van der Waals surface area contributed by atoms with E-state index < -0.39 is 51.8 Å². The zero-order valence-corrected chi connectivity index (χ0v) is 33.9. The molecule has 3 atom stereocenters. The summed E-state index contributed by atoms with van der Waals surface area (Å²) in [5.41, 5.74) is 0. The molecule has 0 spiro atoms. The van der Waals surface area contributed by atoms with Crippen LogP contribution in [-0.2, 0) is 32.7 Å². The summed E-state index contributed by atoms with van der Waals surface area (Å²) in [5.74, 6) is -0.942. The lowest BCUT2D eigenvalue weighted by molar-refractivity contribution is -0.161. The van der Waals surface area contributed by atoms with Gasteiger partial charge < -0.3 is 24.6 Å². The van der Waals surface area contributed by atoms with Crippen LogP contribution in [0.5, 0.6) is 0 Å². The molecule has 306 valence electrons. The molecule has 11 heteroatoms. The molecule has 1 unspecified atom stereocenters. The highest BCUT2D eigenvalue weighted by Crippen LogP contribution is 2.43. The Labute approximate surface area is 317 Å². The largest absolute Gasteiger partial charge is 0.472 e. The second-order valence-corrected chi connectivity index (χ2v) is 15.5. The zero-order valence-electron chi connectivity index (χ0n) is 33.0. The second kappa shape index (κ2) is 37.8. The third kappa shape index (κ3) is 36.8. The quantitative estimate of drug-likeness (QED) is 0.0239. The van der Waals surface area contributed by atoms with Crippen molar-refractivity contribution in [3.05, 3.63) is 24.3 Å². The summed E-state index contributed by atoms with van der Waals surface area (Å²) < 4.78 is 32.6. The molecule has 0 heterocycles. The van der Waals surface area contributed by atoms with Crippen molar-refractivity contribution in [1.29, 1.82) is 0 Å². The number of phosphoric acid groups is 1. The minimum absolute atomic E-state index is 0.174. The molecule has 0 amide bonds. The maximum absolute atomic E-state index is 12.6. The average Bonchev–Trinajstić information content (AvgIpc) is 3.13. The van der Waals surface area contributed by atoms with E-state index in [-0.39, 0.29) is 19.4 Å². The number of carbonyl (C=O) groups is 2. The summed E-state index contributed by atoms with van der Waals surface area (Å²) in [6.45, 7) is 2.34. The SMILES string of the molecule is CCCCCC/C=C\CCCCCCCC(=O)O[C@H](COC(=O)CCCCCCC/C=C\CCCCCCCCC)COP(=O)(O)OC[C@@H](O)CO. The lowest BCUT2D eigenvalue weighted by Gasteiger charge is -2.20. The Hall–Kier alpha value is -1.55. The van der Waals surface area contributed by atoms with Crippen LogP contribution in [0, 0.1) is 0 Å². The Balaban J connectivity index is 4.33. The van der Waals surface area contributed by atoms with Crippen molar-refractivity contribution in [3.63, 3.8) is 0 Å². The summed E-state index contributed by atoms with van der Waals surface area (Å²) >= 11 is 0. The van der Waals surface area contributed by atoms with Gasteiger partial charge in [0.05, 0.1) is 19.8 Å². The summed E-state index contributed by atoms with van der Waals surface area (Å²) in [5, 5.41) is 18.3.